The molecule has 0 spiro atoms. The molecular formula is C12H26FN2O4P. The van der Waals surface area contributed by atoms with E-state index in [1.165, 1.54) is 0 Å². The largest absolute Gasteiger partial charge is 0.476 e. The first-order valence-corrected chi connectivity index (χ1v) is 8.48. The normalized spacial score (nSPS) is 24.6. The van der Waals surface area contributed by atoms with Gasteiger partial charge in [0.25, 0.3) is 0 Å². The van der Waals surface area contributed by atoms with Gasteiger partial charge in [-0.15, -0.1) is 0 Å². The van der Waals surface area contributed by atoms with Crippen LogP contribution in [0.2, 0.25) is 0 Å². The number of alkyl halides is 1. The van der Waals surface area contributed by atoms with Crippen LogP contribution in [0.25, 0.3) is 0 Å². The van der Waals surface area contributed by atoms with Crippen molar-refractivity contribution in [2.45, 2.75) is 58.5 Å². The molecule has 8 heteroatoms. The molecule has 1 aliphatic heterocycles. The third-order valence-corrected chi connectivity index (χ3v) is 4.46. The Kier molecular flexibility index (Phi) is 7.58. The number of phosphoric acid groups is 1. The zero-order chi connectivity index (χ0) is 15.2. The molecule has 0 aliphatic carbocycles. The summed E-state index contributed by atoms with van der Waals surface area (Å²) in [4.78, 5) is 0. The molecule has 0 aromatic carbocycles. The van der Waals surface area contributed by atoms with Crippen LogP contribution in [0.1, 0.15) is 34.1 Å². The Labute approximate surface area is 120 Å². The molecule has 1 aliphatic rings. The third-order valence-electron chi connectivity index (χ3n) is 2.66. The topological polar surface area (TPSA) is 68.8 Å². The molecule has 2 unspecified atom stereocenters. The molecule has 20 heavy (non-hydrogen) atoms. The molecule has 1 rings (SSSR count). The summed E-state index contributed by atoms with van der Waals surface area (Å²) in [7, 11) is -3.62. The van der Waals surface area contributed by atoms with Crippen LogP contribution in [0.15, 0.2) is 0 Å². The van der Waals surface area contributed by atoms with Crippen molar-refractivity contribution in [3.05, 3.63) is 0 Å². The summed E-state index contributed by atoms with van der Waals surface area (Å²) < 4.78 is 41.6. The minimum absolute atomic E-state index is 0.0677. The van der Waals surface area contributed by atoms with Gasteiger partial charge in [0.15, 0.2) is 0 Å². The zero-order valence-electron chi connectivity index (χ0n) is 12.6. The average Bonchev–Trinajstić information content (AvgIpc) is 2.29. The lowest BCUT2D eigenvalue weighted by molar-refractivity contribution is 0.0608. The molecule has 1 fully saturated rings. The van der Waals surface area contributed by atoms with Crippen LogP contribution in [0, 0.1) is 0 Å². The lowest BCUT2D eigenvalue weighted by atomic mass is 10.1. The first-order valence-electron chi connectivity index (χ1n) is 7.02. The molecule has 2 atom stereocenters. The van der Waals surface area contributed by atoms with Gasteiger partial charge in [-0.05, 0) is 40.7 Å². The predicted molar refractivity (Wildman–Crippen MR) is 75.3 cm³/mol. The molecule has 0 aromatic rings. The fourth-order valence-electron chi connectivity index (χ4n) is 1.88. The highest BCUT2D eigenvalue weighted by Crippen LogP contribution is 2.51. The van der Waals surface area contributed by atoms with Crippen LogP contribution in [0.3, 0.4) is 0 Å². The number of phosphoric ester groups is 1. The van der Waals surface area contributed by atoms with Crippen molar-refractivity contribution in [3.8, 4) is 0 Å². The van der Waals surface area contributed by atoms with Crippen molar-refractivity contribution >= 4 is 7.82 Å². The van der Waals surface area contributed by atoms with Gasteiger partial charge in [0.05, 0.1) is 12.2 Å². The second-order valence-corrected chi connectivity index (χ2v) is 6.92. The minimum Gasteiger partial charge on any atom is -0.314 e. The summed E-state index contributed by atoms with van der Waals surface area (Å²) in [6.07, 6.45) is -0.895. The highest BCUT2D eigenvalue weighted by Gasteiger charge is 2.31. The van der Waals surface area contributed by atoms with Gasteiger partial charge in [-0.25, -0.2) is 8.96 Å². The summed E-state index contributed by atoms with van der Waals surface area (Å²) in [6, 6.07) is -0.303. The fraction of sp³-hybridized carbons (Fsp3) is 1.00. The Balaban J connectivity index is 2.43. The number of halogens is 1. The van der Waals surface area contributed by atoms with E-state index in [1.807, 2.05) is 0 Å². The Morgan fingerprint density at radius 2 is 1.90 bits per heavy atom. The van der Waals surface area contributed by atoms with E-state index in [4.69, 9.17) is 13.6 Å². The Hall–Kier alpha value is -0.0400. The summed E-state index contributed by atoms with van der Waals surface area (Å²) in [5.41, 5.74) is 0. The van der Waals surface area contributed by atoms with Crippen LogP contribution < -0.4 is 10.6 Å². The maximum absolute atomic E-state index is 13.6. The first kappa shape index (κ1) is 18.0. The van der Waals surface area contributed by atoms with Gasteiger partial charge in [-0.2, -0.15) is 0 Å². The lowest BCUT2D eigenvalue weighted by Crippen LogP contribution is -2.49. The maximum Gasteiger partial charge on any atom is 0.476 e. The highest BCUT2D eigenvalue weighted by molar-refractivity contribution is 7.48. The zero-order valence-corrected chi connectivity index (χ0v) is 13.5. The van der Waals surface area contributed by atoms with Crippen molar-refractivity contribution in [1.29, 1.82) is 0 Å². The van der Waals surface area contributed by atoms with Gasteiger partial charge in [0, 0.05) is 12.6 Å². The van der Waals surface area contributed by atoms with Gasteiger partial charge in [0.2, 0.25) is 0 Å². The van der Waals surface area contributed by atoms with E-state index in [0.717, 1.165) is 6.54 Å². The van der Waals surface area contributed by atoms with Crippen molar-refractivity contribution in [1.82, 2.24) is 10.6 Å². The molecule has 2 N–H and O–H groups in total. The second kappa shape index (κ2) is 8.41. The number of piperidine rings is 1. The summed E-state index contributed by atoms with van der Waals surface area (Å²) >= 11 is 0. The smallest absolute Gasteiger partial charge is 0.314 e. The molecule has 0 amide bonds. The van der Waals surface area contributed by atoms with Crippen molar-refractivity contribution < 1.29 is 22.5 Å². The molecule has 1 saturated heterocycles. The molecule has 0 aromatic heterocycles. The van der Waals surface area contributed by atoms with E-state index in [9.17, 15) is 8.96 Å². The van der Waals surface area contributed by atoms with E-state index in [1.54, 1.807) is 27.7 Å². The van der Waals surface area contributed by atoms with E-state index in [2.05, 4.69) is 10.6 Å². The number of nitrogens with one attached hydrogen (secondary N) is 2. The van der Waals surface area contributed by atoms with Crippen LogP contribution in [0.4, 0.5) is 4.39 Å². The van der Waals surface area contributed by atoms with Gasteiger partial charge >= 0.3 is 7.82 Å². The van der Waals surface area contributed by atoms with Crippen molar-refractivity contribution in [3.63, 3.8) is 0 Å². The Bertz CT molecular complexity index is 317. The SMILES string of the molecule is CC(C)OP(=O)(OCNC1CCNCC1F)OC(C)C. The van der Waals surface area contributed by atoms with Crippen molar-refractivity contribution in [2.24, 2.45) is 0 Å². The monoisotopic (exact) mass is 312 g/mol. The van der Waals surface area contributed by atoms with Gasteiger partial charge in [-0.3, -0.25) is 18.9 Å². The molecule has 0 radical (unpaired) electrons. The average molecular weight is 312 g/mol. The van der Waals surface area contributed by atoms with Gasteiger partial charge < -0.3 is 5.32 Å². The van der Waals surface area contributed by atoms with Crippen molar-refractivity contribution in [2.75, 3.05) is 19.8 Å². The molecule has 0 saturated carbocycles. The minimum atomic E-state index is -3.62. The van der Waals surface area contributed by atoms with E-state index >= 15 is 0 Å². The molecule has 0 bridgehead atoms. The lowest BCUT2D eigenvalue weighted by Gasteiger charge is -2.28. The maximum atomic E-state index is 13.6. The van der Waals surface area contributed by atoms with Gasteiger partial charge in [0.1, 0.15) is 12.9 Å². The Morgan fingerprint density at radius 3 is 2.40 bits per heavy atom. The highest BCUT2D eigenvalue weighted by atomic mass is 31.2. The number of rotatable bonds is 8. The quantitative estimate of drug-likeness (QED) is 0.529. The Morgan fingerprint density at radius 1 is 1.30 bits per heavy atom. The molecule has 120 valence electrons. The standard InChI is InChI=1S/C12H26FN2O4P/c1-9(2)18-20(16,19-10(3)4)17-8-15-12-5-6-14-7-11(12)13/h9-12,14-15H,5-8H2,1-4H3. The van der Waals surface area contributed by atoms with Gasteiger partial charge in [-0.1, -0.05) is 0 Å². The van der Waals surface area contributed by atoms with Crippen LogP contribution in [-0.4, -0.2) is 44.2 Å². The molecule has 6 nitrogen and oxygen atoms in total. The molecule has 1 heterocycles. The number of hydrogen-bond acceptors (Lipinski definition) is 6. The van der Waals surface area contributed by atoms with E-state index < -0.39 is 14.0 Å². The van der Waals surface area contributed by atoms with Crippen LogP contribution in [-0.2, 0) is 18.1 Å². The van der Waals surface area contributed by atoms with E-state index in [-0.39, 0.29) is 25.0 Å². The molecular weight excluding hydrogens is 286 g/mol. The summed E-state index contributed by atoms with van der Waals surface area (Å²) in [5.74, 6) is 0. The fourth-order valence-corrected chi connectivity index (χ4v) is 3.31. The summed E-state index contributed by atoms with van der Waals surface area (Å²) in [5, 5.41) is 5.87. The van der Waals surface area contributed by atoms with E-state index in [0.29, 0.717) is 13.0 Å². The predicted octanol–water partition coefficient (Wildman–Crippen LogP) is 2.21. The third kappa shape index (κ3) is 6.61. The van der Waals surface area contributed by atoms with Crippen LogP contribution in [0.5, 0.6) is 0 Å². The number of hydrogen-bond donors (Lipinski definition) is 2. The summed E-state index contributed by atoms with van der Waals surface area (Å²) in [6.45, 7) is 7.99. The van der Waals surface area contributed by atoms with Crippen LogP contribution >= 0.6 is 7.82 Å². The second-order valence-electron chi connectivity index (χ2n) is 5.35. The first-order chi connectivity index (χ1) is 9.32.